The molecule has 1 aliphatic heterocycles. The second kappa shape index (κ2) is 9.19. The van der Waals surface area contributed by atoms with Crippen LogP contribution >= 0.6 is 11.3 Å². The first-order chi connectivity index (χ1) is 15.8. The van der Waals surface area contributed by atoms with Gasteiger partial charge in [-0.3, -0.25) is 9.36 Å². The van der Waals surface area contributed by atoms with Gasteiger partial charge in [0.05, 0.1) is 36.1 Å². The highest BCUT2D eigenvalue weighted by atomic mass is 32.1. The molecular formula is C26H26N2O4S. The number of ether oxygens (including phenoxy) is 2. The molecule has 33 heavy (non-hydrogen) atoms. The monoisotopic (exact) mass is 462 g/mol. The SMILES string of the molecule is COC(=O)C1=C(C)N=c2s/c(=C\c3ccccc3OC)c(=O)n2C1c1ccc(C(C)C)cc1. The first-order valence-corrected chi connectivity index (χ1v) is 11.5. The van der Waals surface area contributed by atoms with Crippen molar-refractivity contribution in [2.24, 2.45) is 4.99 Å². The van der Waals surface area contributed by atoms with E-state index in [1.165, 1.54) is 24.0 Å². The maximum atomic E-state index is 13.6. The van der Waals surface area contributed by atoms with Crippen LogP contribution in [0.5, 0.6) is 5.75 Å². The average Bonchev–Trinajstić information content (AvgIpc) is 3.12. The fraction of sp³-hybridized carbons (Fsp3) is 0.269. The van der Waals surface area contributed by atoms with E-state index in [1.807, 2.05) is 48.5 Å². The molecule has 0 bridgehead atoms. The van der Waals surface area contributed by atoms with Crippen molar-refractivity contribution in [3.05, 3.63) is 96.2 Å². The van der Waals surface area contributed by atoms with Crippen molar-refractivity contribution in [3.8, 4) is 5.75 Å². The van der Waals surface area contributed by atoms with E-state index in [2.05, 4.69) is 18.8 Å². The van der Waals surface area contributed by atoms with Crippen LogP contribution in [0.15, 0.2) is 69.6 Å². The Bertz CT molecular complexity index is 1410. The minimum absolute atomic E-state index is 0.212. The smallest absolute Gasteiger partial charge is 0.338 e. The standard InChI is InChI=1S/C26H26N2O4S/c1-15(2)17-10-12-18(13-11-17)23-22(25(30)32-5)16(3)27-26-28(23)24(29)21(33-26)14-19-8-6-7-9-20(19)31-4/h6-15,23H,1-5H3/b21-14-. The summed E-state index contributed by atoms with van der Waals surface area (Å²) in [5.74, 6) is 0.558. The highest BCUT2D eigenvalue weighted by molar-refractivity contribution is 7.07. The fourth-order valence-electron chi connectivity index (χ4n) is 4.00. The fourth-order valence-corrected chi connectivity index (χ4v) is 5.04. The number of fused-ring (bicyclic) bond motifs is 1. The summed E-state index contributed by atoms with van der Waals surface area (Å²) in [6, 6.07) is 14.9. The summed E-state index contributed by atoms with van der Waals surface area (Å²) in [7, 11) is 2.94. The van der Waals surface area contributed by atoms with Gasteiger partial charge in [0.1, 0.15) is 5.75 Å². The molecule has 0 N–H and O–H groups in total. The van der Waals surface area contributed by atoms with E-state index in [9.17, 15) is 9.59 Å². The molecule has 170 valence electrons. The zero-order chi connectivity index (χ0) is 23.7. The van der Waals surface area contributed by atoms with Gasteiger partial charge in [0, 0.05) is 5.56 Å². The maximum Gasteiger partial charge on any atom is 0.338 e. The first kappa shape index (κ1) is 22.7. The van der Waals surface area contributed by atoms with E-state index in [4.69, 9.17) is 9.47 Å². The lowest BCUT2D eigenvalue weighted by atomic mass is 9.93. The Morgan fingerprint density at radius 2 is 1.82 bits per heavy atom. The summed E-state index contributed by atoms with van der Waals surface area (Å²) >= 11 is 1.29. The van der Waals surface area contributed by atoms with Crippen LogP contribution < -0.4 is 19.6 Å². The van der Waals surface area contributed by atoms with Crippen LogP contribution in [-0.4, -0.2) is 24.8 Å². The normalized spacial score (nSPS) is 15.9. The zero-order valence-electron chi connectivity index (χ0n) is 19.3. The van der Waals surface area contributed by atoms with Crippen LogP contribution in [0.1, 0.15) is 49.4 Å². The number of hydrogen-bond donors (Lipinski definition) is 0. The van der Waals surface area contributed by atoms with E-state index in [1.54, 1.807) is 24.7 Å². The number of carbonyl (C=O) groups is 1. The van der Waals surface area contributed by atoms with Crippen molar-refractivity contribution in [1.82, 2.24) is 4.57 Å². The molecule has 0 aliphatic carbocycles. The lowest BCUT2D eigenvalue weighted by Gasteiger charge is -2.24. The van der Waals surface area contributed by atoms with E-state index in [0.29, 0.717) is 32.3 Å². The van der Waals surface area contributed by atoms with Gasteiger partial charge in [-0.2, -0.15) is 0 Å². The Morgan fingerprint density at radius 3 is 2.45 bits per heavy atom. The molecule has 0 saturated carbocycles. The number of benzene rings is 2. The molecule has 2 aromatic carbocycles. The summed E-state index contributed by atoms with van der Waals surface area (Å²) in [6.45, 7) is 6.03. The molecule has 0 saturated heterocycles. The second-order valence-corrected chi connectivity index (χ2v) is 9.15. The molecule has 1 atom stereocenters. The van der Waals surface area contributed by atoms with Gasteiger partial charge in [0.15, 0.2) is 4.80 Å². The maximum absolute atomic E-state index is 13.6. The summed E-state index contributed by atoms with van der Waals surface area (Å²) in [5.41, 5.74) is 3.51. The van der Waals surface area contributed by atoms with Crippen molar-refractivity contribution in [2.75, 3.05) is 14.2 Å². The molecule has 0 fully saturated rings. The molecule has 4 rings (SSSR count). The van der Waals surface area contributed by atoms with Crippen LogP contribution in [0.3, 0.4) is 0 Å². The number of aromatic nitrogens is 1. The van der Waals surface area contributed by atoms with Crippen molar-refractivity contribution in [1.29, 1.82) is 0 Å². The average molecular weight is 463 g/mol. The minimum Gasteiger partial charge on any atom is -0.496 e. The van der Waals surface area contributed by atoms with Crippen LogP contribution in [-0.2, 0) is 9.53 Å². The number of esters is 1. The van der Waals surface area contributed by atoms with E-state index >= 15 is 0 Å². The van der Waals surface area contributed by atoms with Gasteiger partial charge in [-0.25, -0.2) is 9.79 Å². The van der Waals surface area contributed by atoms with Gasteiger partial charge in [-0.15, -0.1) is 0 Å². The Kier molecular flexibility index (Phi) is 6.33. The summed E-state index contributed by atoms with van der Waals surface area (Å²) in [6.07, 6.45) is 1.80. The highest BCUT2D eigenvalue weighted by Crippen LogP contribution is 2.31. The minimum atomic E-state index is -0.616. The molecule has 1 aromatic heterocycles. The Balaban J connectivity index is 1.96. The molecule has 0 spiro atoms. The van der Waals surface area contributed by atoms with Gasteiger partial charge in [-0.05, 0) is 36.1 Å². The first-order valence-electron chi connectivity index (χ1n) is 10.7. The quantitative estimate of drug-likeness (QED) is 0.544. The van der Waals surface area contributed by atoms with E-state index in [-0.39, 0.29) is 5.56 Å². The lowest BCUT2D eigenvalue weighted by molar-refractivity contribution is -0.136. The predicted octanol–water partition coefficient (Wildman–Crippen LogP) is 3.54. The van der Waals surface area contributed by atoms with Gasteiger partial charge < -0.3 is 9.47 Å². The van der Waals surface area contributed by atoms with Crippen molar-refractivity contribution in [2.45, 2.75) is 32.7 Å². The number of methoxy groups -OCH3 is 2. The number of rotatable bonds is 5. The van der Waals surface area contributed by atoms with Crippen molar-refractivity contribution < 1.29 is 14.3 Å². The van der Waals surface area contributed by atoms with Gasteiger partial charge in [0.25, 0.3) is 5.56 Å². The summed E-state index contributed by atoms with van der Waals surface area (Å²) < 4.78 is 12.6. The molecule has 7 heteroatoms. The number of nitrogens with zero attached hydrogens (tertiary/aromatic N) is 2. The number of carbonyl (C=O) groups excluding carboxylic acids is 1. The van der Waals surface area contributed by atoms with Crippen molar-refractivity contribution >= 4 is 23.4 Å². The van der Waals surface area contributed by atoms with Crippen LogP contribution in [0.2, 0.25) is 0 Å². The topological polar surface area (TPSA) is 69.9 Å². The van der Waals surface area contributed by atoms with Gasteiger partial charge in [0.2, 0.25) is 0 Å². The Hall–Kier alpha value is -3.45. The number of thiazole rings is 1. The molecule has 1 unspecified atom stereocenters. The number of allylic oxidation sites excluding steroid dienone is 1. The Morgan fingerprint density at radius 1 is 1.12 bits per heavy atom. The number of para-hydroxylation sites is 1. The van der Waals surface area contributed by atoms with Gasteiger partial charge >= 0.3 is 5.97 Å². The predicted molar refractivity (Wildman–Crippen MR) is 129 cm³/mol. The van der Waals surface area contributed by atoms with E-state index < -0.39 is 12.0 Å². The largest absolute Gasteiger partial charge is 0.496 e. The zero-order valence-corrected chi connectivity index (χ0v) is 20.1. The molecular weight excluding hydrogens is 436 g/mol. The molecule has 3 aromatic rings. The molecule has 0 radical (unpaired) electrons. The Labute approximate surface area is 196 Å². The van der Waals surface area contributed by atoms with Crippen LogP contribution in [0.4, 0.5) is 0 Å². The molecule has 2 heterocycles. The summed E-state index contributed by atoms with van der Waals surface area (Å²) in [4.78, 5) is 31.5. The molecule has 0 amide bonds. The van der Waals surface area contributed by atoms with Crippen LogP contribution in [0.25, 0.3) is 6.08 Å². The lowest BCUT2D eigenvalue weighted by Crippen LogP contribution is -2.39. The molecule has 1 aliphatic rings. The third kappa shape index (κ3) is 4.16. The second-order valence-electron chi connectivity index (χ2n) is 8.14. The van der Waals surface area contributed by atoms with E-state index in [0.717, 1.165) is 11.1 Å². The molecule has 6 nitrogen and oxygen atoms in total. The third-order valence-electron chi connectivity index (χ3n) is 5.77. The highest BCUT2D eigenvalue weighted by Gasteiger charge is 2.33. The third-order valence-corrected chi connectivity index (χ3v) is 6.75. The summed E-state index contributed by atoms with van der Waals surface area (Å²) in [5, 5.41) is 0. The van der Waals surface area contributed by atoms with Crippen molar-refractivity contribution in [3.63, 3.8) is 0 Å². The number of hydrogen-bond acceptors (Lipinski definition) is 6. The van der Waals surface area contributed by atoms with Gasteiger partial charge in [-0.1, -0.05) is 67.6 Å². The van der Waals surface area contributed by atoms with Crippen LogP contribution in [0, 0.1) is 0 Å².